The number of aliphatic hydroxyl groups is 7. The van der Waals surface area contributed by atoms with E-state index in [4.69, 9.17) is 4.74 Å². The van der Waals surface area contributed by atoms with E-state index in [-0.39, 0.29) is 79.0 Å². The van der Waals surface area contributed by atoms with Gasteiger partial charge in [0.15, 0.2) is 5.78 Å². The van der Waals surface area contributed by atoms with Crippen LogP contribution in [0, 0.1) is 63.1 Å². The first-order valence-electron chi connectivity index (χ1n) is 24.5. The first kappa shape index (κ1) is 46.7. The third-order valence-electron chi connectivity index (χ3n) is 20.2. The molecule has 358 valence electrons. The van der Waals surface area contributed by atoms with Gasteiger partial charge in [-0.1, -0.05) is 67.9 Å². The number of fused-ring (bicyclic) bond motifs is 1. The molecule has 12 rings (SSSR count). The molecule has 1 amide bonds. The number of aliphatic hydroxyl groups excluding tert-OH is 4. The predicted octanol–water partition coefficient (Wildman–Crippen LogP) is 5.11. The molecule has 14 heteroatoms. The van der Waals surface area contributed by atoms with Crippen LogP contribution in [0.15, 0.2) is 42.0 Å². The summed E-state index contributed by atoms with van der Waals surface area (Å²) in [7, 11) is 2.89. The molecular formula is C51H71NO11S2. The van der Waals surface area contributed by atoms with Crippen LogP contribution in [0.1, 0.15) is 104 Å². The van der Waals surface area contributed by atoms with Crippen molar-refractivity contribution in [2.24, 2.45) is 63.1 Å². The Kier molecular flexibility index (Phi) is 11.5. The van der Waals surface area contributed by atoms with E-state index < -0.39 is 74.4 Å². The fourth-order valence-electron chi connectivity index (χ4n) is 16.4. The number of hydrogen-bond acceptors (Lipinski definition) is 13. The van der Waals surface area contributed by atoms with Crippen LogP contribution in [0.3, 0.4) is 0 Å². The second-order valence-electron chi connectivity index (χ2n) is 22.9. The molecule has 1 aromatic rings. The number of ketones is 1. The van der Waals surface area contributed by atoms with E-state index in [0.717, 1.165) is 12.0 Å². The van der Waals surface area contributed by atoms with Crippen molar-refractivity contribution in [2.75, 3.05) is 37.0 Å². The highest BCUT2D eigenvalue weighted by atomic mass is 33.1. The summed E-state index contributed by atoms with van der Waals surface area (Å²) in [6, 6.07) is 5.30. The van der Waals surface area contributed by atoms with Gasteiger partial charge in [-0.15, -0.1) is 0 Å². The quantitative estimate of drug-likeness (QED) is 0.106. The predicted molar refractivity (Wildman–Crippen MR) is 249 cm³/mol. The van der Waals surface area contributed by atoms with E-state index in [9.17, 15) is 40.9 Å². The van der Waals surface area contributed by atoms with Gasteiger partial charge in [-0.3, -0.25) is 9.59 Å². The normalized spacial score (nSPS) is 48.5. The fraction of sp³-hybridized carbons (Fsp3) is 0.765. The number of phenols is 1. The van der Waals surface area contributed by atoms with E-state index in [1.165, 1.54) is 21.6 Å². The van der Waals surface area contributed by atoms with E-state index >= 15 is 9.59 Å². The molecular weight excluding hydrogens is 867 g/mol. The lowest BCUT2D eigenvalue weighted by Gasteiger charge is -2.67. The Labute approximate surface area is 391 Å². The van der Waals surface area contributed by atoms with Crippen LogP contribution < -0.4 is 4.90 Å². The molecule has 5 heterocycles. The summed E-state index contributed by atoms with van der Waals surface area (Å²) in [6.07, 6.45) is 8.67. The summed E-state index contributed by atoms with van der Waals surface area (Å²) in [4.78, 5) is 32.5. The highest BCUT2D eigenvalue weighted by Crippen LogP contribution is 2.76. The summed E-state index contributed by atoms with van der Waals surface area (Å²) < 4.78 is 6.48. The number of aryl methyl sites for hydroxylation is 1. The minimum absolute atomic E-state index is 0.00513. The Morgan fingerprint density at radius 3 is 2.49 bits per heavy atom. The average Bonchev–Trinajstić information content (AvgIpc) is 3.95. The third-order valence-corrected chi connectivity index (χ3v) is 23.2. The van der Waals surface area contributed by atoms with Crippen LogP contribution in [0.25, 0.3) is 0 Å². The number of anilines is 1. The van der Waals surface area contributed by atoms with Gasteiger partial charge in [0.05, 0.1) is 41.9 Å². The Hall–Kier alpha value is -1.98. The molecule has 4 saturated carbocycles. The van der Waals surface area contributed by atoms with Gasteiger partial charge in [0, 0.05) is 47.2 Å². The molecule has 6 aliphatic carbocycles. The van der Waals surface area contributed by atoms with Gasteiger partial charge in [0.25, 0.3) is 0 Å². The van der Waals surface area contributed by atoms with Gasteiger partial charge in [-0.2, -0.15) is 0 Å². The number of carbonyl (C=O) groups excluding carboxylic acids is 2. The maximum atomic E-state index is 15.5. The number of hydrogen-bond donors (Lipinski definition) is 8. The van der Waals surface area contributed by atoms with E-state index in [1.54, 1.807) is 23.1 Å². The Balaban J connectivity index is 1.16. The maximum Gasteiger partial charge on any atom is 0.233 e. The van der Waals surface area contributed by atoms with Gasteiger partial charge >= 0.3 is 0 Å². The molecule has 2 saturated heterocycles. The van der Waals surface area contributed by atoms with Crippen molar-refractivity contribution in [3.05, 3.63) is 47.6 Å². The Bertz CT molecular complexity index is 2150. The molecule has 11 aliphatic rings. The minimum Gasteiger partial charge on any atom is -0.508 e. The molecule has 6 fully saturated rings. The first-order valence-corrected chi connectivity index (χ1v) is 26.9. The average molecular weight is 938 g/mol. The Morgan fingerprint density at radius 2 is 1.77 bits per heavy atom. The number of nitrogens with zero attached hydrogens (tertiary/aromatic N) is 1. The van der Waals surface area contributed by atoms with Crippen LogP contribution >= 0.6 is 21.6 Å². The van der Waals surface area contributed by atoms with E-state index in [0.29, 0.717) is 81.5 Å². The van der Waals surface area contributed by atoms with Crippen molar-refractivity contribution >= 4 is 39.0 Å². The molecule has 0 radical (unpaired) electrons. The molecule has 8 N–H and O–H groups in total. The number of aromatic hydroxyl groups is 1. The van der Waals surface area contributed by atoms with Crippen molar-refractivity contribution < 1.29 is 55.2 Å². The van der Waals surface area contributed by atoms with Gasteiger partial charge in [0.1, 0.15) is 23.1 Å². The van der Waals surface area contributed by atoms with Crippen LogP contribution in [0.4, 0.5) is 5.69 Å². The molecule has 17 unspecified atom stereocenters. The van der Waals surface area contributed by atoms with Gasteiger partial charge in [-0.05, 0) is 141 Å². The summed E-state index contributed by atoms with van der Waals surface area (Å²) in [5.41, 5.74) is -7.14. The first-order chi connectivity index (χ1) is 30.8. The lowest BCUT2D eigenvalue weighted by molar-refractivity contribution is -0.222. The maximum absolute atomic E-state index is 15.5. The molecule has 17 atom stereocenters. The topological polar surface area (TPSA) is 212 Å². The van der Waals surface area contributed by atoms with Gasteiger partial charge < -0.3 is 50.5 Å². The summed E-state index contributed by atoms with van der Waals surface area (Å²) in [6.45, 7) is 7.75. The number of epoxide rings is 1. The van der Waals surface area contributed by atoms with Crippen molar-refractivity contribution in [3.8, 4) is 5.75 Å². The van der Waals surface area contributed by atoms with Crippen LogP contribution in [0.5, 0.6) is 5.75 Å². The molecule has 5 aliphatic heterocycles. The third kappa shape index (κ3) is 6.32. The van der Waals surface area contributed by atoms with Crippen molar-refractivity contribution in [1.82, 2.24) is 0 Å². The summed E-state index contributed by atoms with van der Waals surface area (Å²) in [5, 5.41) is 95.1. The SMILES string of the molecule is CC(C)C(C)C1OC1C1(O)CC=CC2CC3C4=CC(=O)C5(CSSC(CO)C6CCCC(CO)C67CCN(C7=O)c6cc(O)cc(c6)CCC26C1CCC46O)CC(O)C(O)(CO)CC35C. The molecule has 3 spiro atoms. The smallest absolute Gasteiger partial charge is 0.233 e. The lowest BCUT2D eigenvalue weighted by Crippen LogP contribution is -2.71. The zero-order valence-corrected chi connectivity index (χ0v) is 40.0. The second kappa shape index (κ2) is 16.0. The van der Waals surface area contributed by atoms with Gasteiger partial charge in [0.2, 0.25) is 5.91 Å². The number of phenolic OH excluding ortho intramolecular Hbond substituents is 1. The Morgan fingerprint density at radius 1 is 0.985 bits per heavy atom. The number of amides is 1. The van der Waals surface area contributed by atoms with Crippen molar-refractivity contribution in [2.45, 2.75) is 145 Å². The van der Waals surface area contributed by atoms with E-state index in [1.807, 2.05) is 13.0 Å². The van der Waals surface area contributed by atoms with E-state index in [2.05, 4.69) is 32.9 Å². The van der Waals surface area contributed by atoms with Crippen molar-refractivity contribution in [1.29, 1.82) is 0 Å². The zero-order valence-electron chi connectivity index (χ0n) is 38.4. The number of allylic oxidation sites excluding steroid dienone is 2. The molecule has 8 bridgehead atoms. The minimum atomic E-state index is -1.91. The second-order valence-corrected chi connectivity index (χ2v) is 25.5. The van der Waals surface area contributed by atoms with Crippen molar-refractivity contribution in [3.63, 3.8) is 0 Å². The van der Waals surface area contributed by atoms with Crippen LogP contribution in [0.2, 0.25) is 0 Å². The highest BCUT2D eigenvalue weighted by molar-refractivity contribution is 8.77. The number of carbonyl (C=O) groups is 2. The van der Waals surface area contributed by atoms with Gasteiger partial charge in [-0.25, -0.2) is 0 Å². The van der Waals surface area contributed by atoms with Crippen LogP contribution in [-0.4, -0.2) is 125 Å². The largest absolute Gasteiger partial charge is 0.508 e. The molecule has 1 aromatic carbocycles. The number of rotatable bonds is 6. The molecule has 12 nitrogen and oxygen atoms in total. The lowest BCUT2D eigenvalue weighted by atomic mass is 9.38. The summed E-state index contributed by atoms with van der Waals surface area (Å²) >= 11 is 0. The molecule has 0 aromatic heterocycles. The number of benzene rings is 1. The monoisotopic (exact) mass is 937 g/mol. The molecule has 65 heavy (non-hydrogen) atoms. The highest BCUT2D eigenvalue weighted by Gasteiger charge is 2.78. The standard InChI is InChI=1S/C51H71NO11S2/c1-28(2)29(3)42-43(63-42)50(61)12-6-8-31-19-36-37-21-40(57)46(22-41(58)47(60,26-55)25-45(36,46)4)27-64-65-38(24-54)35-9-5-7-32(23-53)48(35)15-16-52(44(48)59)33-17-30(18-34(56)20-33)10-13-49(31)39(50)11-14-51(37,49)62/h6,8,17-18,20-21,28-29,31-32,35-36,38-39,41-43,53-56,58,60-62H,5,7,9-16,19,22-27H2,1-4H3. The number of ether oxygens (including phenoxy) is 1. The summed E-state index contributed by atoms with van der Waals surface area (Å²) in [5.74, 6) is -1.45. The van der Waals surface area contributed by atoms with Crippen LogP contribution in [-0.2, 0) is 20.7 Å². The zero-order chi connectivity index (χ0) is 46.3. The fourth-order valence-corrected chi connectivity index (χ4v) is 19.9.